The van der Waals surface area contributed by atoms with Gasteiger partial charge in [-0.1, -0.05) is 0 Å². The molecule has 4 radical (unpaired) electrons. The van der Waals surface area contributed by atoms with E-state index in [1.807, 2.05) is 0 Å². The van der Waals surface area contributed by atoms with Gasteiger partial charge in [-0.3, -0.25) is 14.1 Å². The molecule has 0 saturated heterocycles. The summed E-state index contributed by atoms with van der Waals surface area (Å²) in [5, 5.41) is 13.9. The number of rotatable bonds is 4. The number of carboxylic acid groups (broad SMARTS) is 2. The topological polar surface area (TPSA) is 129 Å². The summed E-state index contributed by atoms with van der Waals surface area (Å²) in [5.74, 6) is -3.50. The van der Waals surface area contributed by atoms with E-state index in [1.165, 1.54) is 0 Å². The Morgan fingerprint density at radius 3 is 1.57 bits per heavy atom. The maximum Gasteiger partial charge on any atom is 0.325 e. The second-order valence-electron chi connectivity index (χ2n) is 1.94. The monoisotopic (exact) mass is 244 g/mol. The maximum absolute atomic E-state index is 10.2. The summed E-state index contributed by atoms with van der Waals surface area (Å²) < 4.78 is 28.7. The second-order valence-corrected chi connectivity index (χ2v) is 3.54. The van der Waals surface area contributed by atoms with Crippen LogP contribution in [0.3, 0.4) is 0 Å². The van der Waals surface area contributed by atoms with Gasteiger partial charge in [0.25, 0.3) is 10.1 Å². The minimum absolute atomic E-state index is 0. The Labute approximate surface area is 124 Å². The maximum atomic E-state index is 10.2. The number of carbonyl (C=O) groups is 2. The molecule has 0 aliphatic heterocycles. The standard InChI is InChI=1S/C4H6O7S.2Na/c5-3(6)1-2(4(7)8)12(9,10)11;;/h2H,1H2,(H,5,6)(H,7,8)(H,9,10,11);;/q;2*-1. The molecule has 10 heteroatoms. The van der Waals surface area contributed by atoms with Crippen LogP contribution in [0.4, 0.5) is 0 Å². The summed E-state index contributed by atoms with van der Waals surface area (Å²) in [5.41, 5.74) is 0. The van der Waals surface area contributed by atoms with Crippen molar-refractivity contribution in [3.8, 4) is 0 Å². The summed E-state index contributed by atoms with van der Waals surface area (Å²) in [6.45, 7) is 0. The normalized spacial score (nSPS) is 11.8. The minimum atomic E-state index is -4.84. The summed E-state index contributed by atoms with van der Waals surface area (Å²) in [4.78, 5) is 20.0. The third-order valence-corrected chi connectivity index (χ3v) is 2.08. The molecule has 0 saturated carbocycles. The molecule has 14 heavy (non-hydrogen) atoms. The van der Waals surface area contributed by atoms with Gasteiger partial charge in [0.05, 0.1) is 6.42 Å². The van der Waals surface area contributed by atoms with Gasteiger partial charge in [-0.15, -0.1) is 0 Å². The zero-order valence-corrected chi connectivity index (χ0v) is 12.5. The van der Waals surface area contributed by atoms with E-state index >= 15 is 0 Å². The van der Waals surface area contributed by atoms with Crippen LogP contribution in [0, 0.1) is 0 Å². The van der Waals surface area contributed by atoms with Crippen LogP contribution in [0.2, 0.25) is 0 Å². The Morgan fingerprint density at radius 1 is 1.14 bits per heavy atom. The Hall–Kier alpha value is 0.850. The van der Waals surface area contributed by atoms with Gasteiger partial charge >= 0.3 is 11.9 Å². The SMILES string of the molecule is O=C(O)CC(C(=O)O)S(=O)(=O)O.[Na-].[Na-]. The van der Waals surface area contributed by atoms with Gasteiger partial charge in [0.2, 0.25) is 0 Å². The molecule has 0 aromatic carbocycles. The van der Waals surface area contributed by atoms with E-state index < -0.39 is 33.7 Å². The van der Waals surface area contributed by atoms with Crippen LogP contribution in [0.5, 0.6) is 0 Å². The van der Waals surface area contributed by atoms with Crippen LogP contribution >= 0.6 is 0 Å². The van der Waals surface area contributed by atoms with Gasteiger partial charge in [0, 0.05) is 0 Å². The molecule has 7 nitrogen and oxygen atoms in total. The average Bonchev–Trinajstić information content (AvgIpc) is 1.79. The summed E-state index contributed by atoms with van der Waals surface area (Å²) in [6.07, 6.45) is -1.16. The van der Waals surface area contributed by atoms with Crippen molar-refractivity contribution < 1.29 is 32.8 Å². The first kappa shape index (κ1) is 20.3. The largest absolute Gasteiger partial charge is 1.00 e. The van der Waals surface area contributed by atoms with Crippen molar-refractivity contribution in [2.75, 3.05) is 0 Å². The Kier molecular flexibility index (Phi) is 11.7. The molecule has 0 aliphatic rings. The molecule has 74 valence electrons. The zero-order valence-electron chi connectivity index (χ0n) is 7.67. The number of hydrogen-bond acceptors (Lipinski definition) is 4. The number of carboxylic acids is 2. The fourth-order valence-corrected chi connectivity index (χ4v) is 1.09. The quantitative estimate of drug-likeness (QED) is 0.386. The van der Waals surface area contributed by atoms with Crippen molar-refractivity contribution in [2.45, 2.75) is 11.7 Å². The molecule has 1 unspecified atom stereocenters. The fourth-order valence-electron chi connectivity index (χ4n) is 0.479. The van der Waals surface area contributed by atoms with Crippen molar-refractivity contribution in [1.82, 2.24) is 0 Å². The first-order chi connectivity index (χ1) is 5.25. The molecule has 0 aromatic rings. The van der Waals surface area contributed by atoms with Gasteiger partial charge in [-0.05, 0) is 0 Å². The Morgan fingerprint density at radius 2 is 1.50 bits per heavy atom. The molecule has 0 bridgehead atoms. The predicted octanol–water partition coefficient (Wildman–Crippen LogP) is -1.96. The summed E-state index contributed by atoms with van der Waals surface area (Å²) >= 11 is 0. The fraction of sp³-hybridized carbons (Fsp3) is 0.500. The van der Waals surface area contributed by atoms with E-state index in [0.29, 0.717) is 0 Å². The van der Waals surface area contributed by atoms with Crippen LogP contribution in [0.25, 0.3) is 0 Å². The van der Waals surface area contributed by atoms with E-state index in [-0.39, 0.29) is 59.1 Å². The van der Waals surface area contributed by atoms with Crippen molar-refractivity contribution in [2.24, 2.45) is 0 Å². The third-order valence-electron chi connectivity index (χ3n) is 0.995. The molecule has 0 rings (SSSR count). The van der Waals surface area contributed by atoms with Gasteiger partial charge in [0.15, 0.2) is 5.25 Å². The van der Waals surface area contributed by atoms with Gasteiger partial charge in [-0.2, -0.15) is 8.42 Å². The van der Waals surface area contributed by atoms with Gasteiger partial charge in [-0.25, -0.2) is 0 Å². The molecular formula is C4H6Na2O7S-2. The molecule has 0 aromatic heterocycles. The molecular weight excluding hydrogens is 238 g/mol. The molecule has 0 aliphatic carbocycles. The first-order valence-corrected chi connectivity index (χ1v) is 4.16. The number of aliphatic carboxylic acids is 2. The van der Waals surface area contributed by atoms with Crippen molar-refractivity contribution in [3.63, 3.8) is 0 Å². The van der Waals surface area contributed by atoms with Crippen molar-refractivity contribution in [1.29, 1.82) is 0 Å². The number of hydrogen-bond donors (Lipinski definition) is 3. The molecule has 0 heterocycles. The van der Waals surface area contributed by atoms with Crippen LogP contribution in [0.15, 0.2) is 0 Å². The van der Waals surface area contributed by atoms with Crippen molar-refractivity contribution in [3.05, 3.63) is 0 Å². The average molecular weight is 244 g/mol. The van der Waals surface area contributed by atoms with E-state index in [4.69, 9.17) is 14.8 Å². The van der Waals surface area contributed by atoms with E-state index in [1.54, 1.807) is 0 Å². The first-order valence-electron chi connectivity index (χ1n) is 2.66. The van der Waals surface area contributed by atoms with Crippen LogP contribution in [-0.2, 0) is 19.7 Å². The van der Waals surface area contributed by atoms with E-state index in [2.05, 4.69) is 0 Å². The van der Waals surface area contributed by atoms with Crippen LogP contribution < -0.4 is 0 Å². The molecule has 0 fully saturated rings. The van der Waals surface area contributed by atoms with Gasteiger partial charge < -0.3 is 69.3 Å². The Bertz CT molecular complexity index is 297. The molecule has 0 spiro atoms. The smallest absolute Gasteiger partial charge is 0.325 e. The molecule has 1 atom stereocenters. The molecule has 3 N–H and O–H groups in total. The second kappa shape index (κ2) is 8.05. The Balaban J connectivity index is -0.000000605. The molecule has 0 amide bonds. The van der Waals surface area contributed by atoms with Crippen molar-refractivity contribution >= 4 is 81.2 Å². The van der Waals surface area contributed by atoms with Crippen LogP contribution in [0.1, 0.15) is 6.42 Å². The van der Waals surface area contributed by atoms with E-state index in [0.717, 1.165) is 0 Å². The third kappa shape index (κ3) is 8.18. The van der Waals surface area contributed by atoms with Crippen LogP contribution in [-0.4, -0.2) is 99.5 Å². The van der Waals surface area contributed by atoms with Gasteiger partial charge in [0.1, 0.15) is 0 Å². The zero-order chi connectivity index (χ0) is 9.94. The predicted molar refractivity (Wildman–Crippen MR) is 46.7 cm³/mol. The van der Waals surface area contributed by atoms with E-state index in [9.17, 15) is 18.0 Å². The summed E-state index contributed by atoms with van der Waals surface area (Å²) in [6, 6.07) is 0. The summed E-state index contributed by atoms with van der Waals surface area (Å²) in [7, 11) is -4.84. The minimum Gasteiger partial charge on any atom is -1.00 e.